The molecular formula is C10H20ClNO. The van der Waals surface area contributed by atoms with Gasteiger partial charge in [0.05, 0.1) is 13.2 Å². The van der Waals surface area contributed by atoms with E-state index in [-0.39, 0.29) is 0 Å². The summed E-state index contributed by atoms with van der Waals surface area (Å²) in [6.07, 6.45) is 6.88. The van der Waals surface area contributed by atoms with Crippen molar-refractivity contribution in [2.24, 2.45) is 0 Å². The molecule has 1 rings (SSSR count). The van der Waals surface area contributed by atoms with Crippen molar-refractivity contribution in [2.75, 3.05) is 25.6 Å². The highest BCUT2D eigenvalue weighted by molar-refractivity contribution is 6.17. The van der Waals surface area contributed by atoms with Gasteiger partial charge in [-0.1, -0.05) is 19.3 Å². The molecule has 0 saturated heterocycles. The average molecular weight is 206 g/mol. The highest BCUT2D eigenvalue weighted by Crippen LogP contribution is 2.16. The molecule has 1 aliphatic carbocycles. The third kappa shape index (κ3) is 5.50. The monoisotopic (exact) mass is 205 g/mol. The lowest BCUT2D eigenvalue weighted by Crippen LogP contribution is -2.33. The summed E-state index contributed by atoms with van der Waals surface area (Å²) < 4.78 is 5.28. The van der Waals surface area contributed by atoms with E-state index in [9.17, 15) is 0 Å². The minimum absolute atomic E-state index is 0.601. The van der Waals surface area contributed by atoms with Crippen molar-refractivity contribution in [3.05, 3.63) is 0 Å². The fourth-order valence-corrected chi connectivity index (χ4v) is 1.91. The van der Waals surface area contributed by atoms with E-state index in [1.165, 1.54) is 32.1 Å². The molecule has 13 heavy (non-hydrogen) atoms. The van der Waals surface area contributed by atoms with Crippen molar-refractivity contribution in [1.29, 1.82) is 0 Å². The summed E-state index contributed by atoms with van der Waals surface area (Å²) in [6, 6.07) is 0.744. The van der Waals surface area contributed by atoms with Crippen LogP contribution in [0.2, 0.25) is 0 Å². The molecule has 1 N–H and O–H groups in total. The van der Waals surface area contributed by atoms with E-state index in [2.05, 4.69) is 5.32 Å². The molecule has 0 atom stereocenters. The molecule has 0 aromatic heterocycles. The van der Waals surface area contributed by atoms with Crippen LogP contribution in [0.15, 0.2) is 0 Å². The van der Waals surface area contributed by atoms with Crippen LogP contribution >= 0.6 is 11.6 Å². The maximum absolute atomic E-state index is 5.48. The van der Waals surface area contributed by atoms with Gasteiger partial charge in [-0.25, -0.2) is 0 Å². The van der Waals surface area contributed by atoms with E-state index in [0.29, 0.717) is 12.5 Å². The first-order chi connectivity index (χ1) is 6.43. The SMILES string of the molecule is ClCCOCCNC1CCCCC1. The van der Waals surface area contributed by atoms with Crippen LogP contribution in [-0.2, 0) is 4.74 Å². The molecule has 3 heteroatoms. The summed E-state index contributed by atoms with van der Waals surface area (Å²) in [5.41, 5.74) is 0. The number of halogens is 1. The Balaban J connectivity index is 1.86. The van der Waals surface area contributed by atoms with Crippen molar-refractivity contribution < 1.29 is 4.74 Å². The largest absolute Gasteiger partial charge is 0.379 e. The van der Waals surface area contributed by atoms with Crippen LogP contribution in [0.5, 0.6) is 0 Å². The zero-order valence-corrected chi connectivity index (χ0v) is 8.98. The summed E-state index contributed by atoms with van der Waals surface area (Å²) >= 11 is 5.48. The second-order valence-corrected chi connectivity index (χ2v) is 3.97. The van der Waals surface area contributed by atoms with Gasteiger partial charge in [0.2, 0.25) is 0 Å². The minimum Gasteiger partial charge on any atom is -0.379 e. The number of nitrogens with one attached hydrogen (secondary N) is 1. The molecular weight excluding hydrogens is 186 g/mol. The summed E-state index contributed by atoms with van der Waals surface area (Å²) in [6.45, 7) is 2.44. The topological polar surface area (TPSA) is 21.3 Å². The third-order valence-electron chi connectivity index (χ3n) is 2.51. The molecule has 78 valence electrons. The minimum atomic E-state index is 0.601. The Kier molecular flexibility index (Phi) is 6.60. The van der Waals surface area contributed by atoms with Crippen LogP contribution < -0.4 is 5.32 Å². The lowest BCUT2D eigenvalue weighted by molar-refractivity contribution is 0.146. The Morgan fingerprint density at radius 3 is 2.62 bits per heavy atom. The Morgan fingerprint density at radius 1 is 1.15 bits per heavy atom. The first-order valence-corrected chi connectivity index (χ1v) is 5.84. The lowest BCUT2D eigenvalue weighted by Gasteiger charge is -2.22. The van der Waals surface area contributed by atoms with Gasteiger partial charge in [0.15, 0.2) is 0 Å². The van der Waals surface area contributed by atoms with Crippen molar-refractivity contribution in [2.45, 2.75) is 38.1 Å². The molecule has 1 aliphatic rings. The molecule has 2 nitrogen and oxygen atoms in total. The Labute approximate surface area is 86.0 Å². The van der Waals surface area contributed by atoms with Gasteiger partial charge in [-0.2, -0.15) is 0 Å². The Morgan fingerprint density at radius 2 is 1.92 bits per heavy atom. The maximum Gasteiger partial charge on any atom is 0.0602 e. The summed E-state index contributed by atoms with van der Waals surface area (Å²) in [4.78, 5) is 0. The fourth-order valence-electron chi connectivity index (χ4n) is 1.80. The standard InChI is InChI=1S/C10H20ClNO/c11-6-8-13-9-7-12-10-4-2-1-3-5-10/h10,12H,1-9H2. The van der Waals surface area contributed by atoms with Crippen molar-refractivity contribution in [3.63, 3.8) is 0 Å². The number of rotatable bonds is 6. The normalized spacial score (nSPS) is 19.2. The highest BCUT2D eigenvalue weighted by atomic mass is 35.5. The van der Waals surface area contributed by atoms with Crippen LogP contribution in [-0.4, -0.2) is 31.7 Å². The quantitative estimate of drug-likeness (QED) is 0.530. The molecule has 0 radical (unpaired) electrons. The summed E-state index contributed by atoms with van der Waals surface area (Å²) in [7, 11) is 0. The number of hydrogen-bond acceptors (Lipinski definition) is 2. The fraction of sp³-hybridized carbons (Fsp3) is 1.00. The van der Waals surface area contributed by atoms with E-state index in [1.54, 1.807) is 0 Å². The second kappa shape index (κ2) is 7.60. The van der Waals surface area contributed by atoms with Gasteiger partial charge in [-0.3, -0.25) is 0 Å². The van der Waals surface area contributed by atoms with Crippen LogP contribution in [0.4, 0.5) is 0 Å². The van der Waals surface area contributed by atoms with Gasteiger partial charge in [0, 0.05) is 18.5 Å². The smallest absolute Gasteiger partial charge is 0.0602 e. The van der Waals surface area contributed by atoms with E-state index >= 15 is 0 Å². The van der Waals surface area contributed by atoms with Crippen LogP contribution in [0.3, 0.4) is 0 Å². The van der Waals surface area contributed by atoms with Gasteiger partial charge >= 0.3 is 0 Å². The molecule has 0 unspecified atom stereocenters. The van der Waals surface area contributed by atoms with Crippen molar-refractivity contribution >= 4 is 11.6 Å². The van der Waals surface area contributed by atoms with Crippen LogP contribution in [0, 0.1) is 0 Å². The molecule has 0 aromatic rings. The van der Waals surface area contributed by atoms with Crippen molar-refractivity contribution in [3.8, 4) is 0 Å². The summed E-state index contributed by atoms with van der Waals surface area (Å²) in [5, 5.41) is 3.51. The second-order valence-electron chi connectivity index (χ2n) is 3.59. The van der Waals surface area contributed by atoms with Crippen LogP contribution in [0.1, 0.15) is 32.1 Å². The first-order valence-electron chi connectivity index (χ1n) is 5.30. The zero-order valence-electron chi connectivity index (χ0n) is 8.23. The zero-order chi connectivity index (χ0) is 9.36. The maximum atomic E-state index is 5.48. The third-order valence-corrected chi connectivity index (χ3v) is 2.66. The summed E-state index contributed by atoms with van der Waals surface area (Å²) in [5.74, 6) is 0.601. The van der Waals surface area contributed by atoms with E-state index in [1.807, 2.05) is 0 Å². The first kappa shape index (κ1) is 11.3. The average Bonchev–Trinajstić information content (AvgIpc) is 2.19. The van der Waals surface area contributed by atoms with Crippen molar-refractivity contribution in [1.82, 2.24) is 5.32 Å². The molecule has 1 saturated carbocycles. The number of hydrogen-bond donors (Lipinski definition) is 1. The molecule has 0 spiro atoms. The molecule has 0 aliphatic heterocycles. The van der Waals surface area contributed by atoms with Gasteiger partial charge in [-0.05, 0) is 12.8 Å². The van der Waals surface area contributed by atoms with Gasteiger partial charge in [0.25, 0.3) is 0 Å². The van der Waals surface area contributed by atoms with E-state index < -0.39 is 0 Å². The lowest BCUT2D eigenvalue weighted by atomic mass is 9.96. The Bertz CT molecular complexity index is 115. The molecule has 0 aromatic carbocycles. The number of alkyl halides is 1. The highest BCUT2D eigenvalue weighted by Gasteiger charge is 2.11. The van der Waals surface area contributed by atoms with Crippen LogP contribution in [0.25, 0.3) is 0 Å². The predicted molar refractivity (Wildman–Crippen MR) is 56.4 cm³/mol. The molecule has 0 amide bonds. The van der Waals surface area contributed by atoms with Gasteiger partial charge in [-0.15, -0.1) is 11.6 Å². The molecule has 0 bridgehead atoms. The molecule has 0 heterocycles. The number of ether oxygens (including phenoxy) is 1. The van der Waals surface area contributed by atoms with Gasteiger partial charge < -0.3 is 10.1 Å². The predicted octanol–water partition coefficient (Wildman–Crippen LogP) is 2.16. The van der Waals surface area contributed by atoms with E-state index in [0.717, 1.165) is 19.2 Å². The Hall–Kier alpha value is 0.210. The van der Waals surface area contributed by atoms with Gasteiger partial charge in [0.1, 0.15) is 0 Å². The van der Waals surface area contributed by atoms with E-state index in [4.69, 9.17) is 16.3 Å². The molecule has 1 fully saturated rings.